The van der Waals surface area contributed by atoms with Gasteiger partial charge in [0.15, 0.2) is 0 Å². The predicted molar refractivity (Wildman–Crippen MR) is 78.3 cm³/mol. The van der Waals surface area contributed by atoms with Crippen LogP contribution in [-0.4, -0.2) is 40.0 Å². The van der Waals surface area contributed by atoms with Gasteiger partial charge in [0.1, 0.15) is 0 Å². The lowest BCUT2D eigenvalue weighted by Gasteiger charge is -2.25. The van der Waals surface area contributed by atoms with Gasteiger partial charge in [0, 0.05) is 26.2 Å². The topological polar surface area (TPSA) is 58.6 Å². The summed E-state index contributed by atoms with van der Waals surface area (Å²) in [5.74, 6) is 0.0847. The minimum Gasteiger partial charge on any atom is -0.377 e. The zero-order chi connectivity index (χ0) is 14.0. The third-order valence-corrected chi connectivity index (χ3v) is 5.67. The van der Waals surface area contributed by atoms with Crippen molar-refractivity contribution in [3.05, 3.63) is 29.8 Å². The molecule has 1 aromatic rings. The number of benzene rings is 1. The number of nitrogens with one attached hydrogen (secondary N) is 1. The highest BCUT2D eigenvalue weighted by atomic mass is 32.2. The van der Waals surface area contributed by atoms with Crippen molar-refractivity contribution in [1.29, 1.82) is 0 Å². The molecular formula is C14H20N2O3S. The predicted octanol–water partition coefficient (Wildman–Crippen LogP) is 1.10. The molecule has 0 aromatic heterocycles. The molecule has 0 amide bonds. The highest BCUT2D eigenvalue weighted by molar-refractivity contribution is 7.92. The Morgan fingerprint density at radius 3 is 3.00 bits per heavy atom. The number of para-hydroxylation sites is 1. The molecule has 0 saturated carbocycles. The van der Waals surface area contributed by atoms with Crippen LogP contribution >= 0.6 is 0 Å². The van der Waals surface area contributed by atoms with E-state index < -0.39 is 10.0 Å². The number of sulfonamides is 1. The summed E-state index contributed by atoms with van der Waals surface area (Å²) in [5.41, 5.74) is 1.83. The maximum atomic E-state index is 12.7. The van der Waals surface area contributed by atoms with Crippen LogP contribution in [0.1, 0.15) is 18.4 Å². The van der Waals surface area contributed by atoms with Gasteiger partial charge >= 0.3 is 0 Å². The zero-order valence-corrected chi connectivity index (χ0v) is 12.2. The van der Waals surface area contributed by atoms with Crippen molar-refractivity contribution in [3.8, 4) is 0 Å². The van der Waals surface area contributed by atoms with Gasteiger partial charge in [0.2, 0.25) is 10.0 Å². The Morgan fingerprint density at radius 2 is 2.20 bits per heavy atom. The van der Waals surface area contributed by atoms with E-state index in [4.69, 9.17) is 4.74 Å². The first kappa shape index (κ1) is 13.9. The SMILES string of the molecule is O=S(=O)(CC1CCCO1)N1CCNCc2ccccc21. The van der Waals surface area contributed by atoms with Crippen molar-refractivity contribution in [2.24, 2.45) is 0 Å². The van der Waals surface area contributed by atoms with Gasteiger partial charge < -0.3 is 10.1 Å². The molecule has 2 aliphatic rings. The fourth-order valence-electron chi connectivity index (χ4n) is 2.82. The first-order valence-electron chi connectivity index (χ1n) is 7.07. The summed E-state index contributed by atoms with van der Waals surface area (Å²) in [4.78, 5) is 0. The molecule has 2 aliphatic heterocycles. The Bertz CT molecular complexity index is 568. The second-order valence-corrected chi connectivity index (χ2v) is 7.23. The fraction of sp³-hybridized carbons (Fsp3) is 0.571. The molecule has 2 heterocycles. The number of hydrogen-bond donors (Lipinski definition) is 1. The van der Waals surface area contributed by atoms with Crippen LogP contribution in [0, 0.1) is 0 Å². The zero-order valence-electron chi connectivity index (χ0n) is 11.4. The number of fused-ring (bicyclic) bond motifs is 1. The summed E-state index contributed by atoms with van der Waals surface area (Å²) in [6.07, 6.45) is 1.65. The van der Waals surface area contributed by atoms with Gasteiger partial charge in [-0.2, -0.15) is 0 Å². The summed E-state index contributed by atoms with van der Waals surface area (Å²) < 4.78 is 32.4. The van der Waals surface area contributed by atoms with Crippen LogP contribution in [-0.2, 0) is 21.3 Å². The van der Waals surface area contributed by atoms with Crippen LogP contribution in [0.25, 0.3) is 0 Å². The average Bonchev–Trinajstić information content (AvgIpc) is 2.81. The third-order valence-electron chi connectivity index (χ3n) is 3.82. The fourth-order valence-corrected chi connectivity index (χ4v) is 4.58. The molecule has 0 bridgehead atoms. The molecule has 0 aliphatic carbocycles. The minimum atomic E-state index is -3.34. The molecule has 0 radical (unpaired) electrons. The first-order chi connectivity index (χ1) is 9.67. The van der Waals surface area contributed by atoms with Crippen LogP contribution in [0.3, 0.4) is 0 Å². The van der Waals surface area contributed by atoms with Gasteiger partial charge in [-0.25, -0.2) is 8.42 Å². The maximum absolute atomic E-state index is 12.7. The molecule has 3 rings (SSSR count). The number of rotatable bonds is 3. The Morgan fingerprint density at radius 1 is 1.35 bits per heavy atom. The van der Waals surface area contributed by atoms with E-state index in [2.05, 4.69) is 5.32 Å². The highest BCUT2D eigenvalue weighted by Gasteiger charge is 2.30. The standard InChI is InChI=1S/C14H20N2O3S/c17-20(18,11-13-5-3-9-19-13)16-8-7-15-10-12-4-1-2-6-14(12)16/h1-2,4,6,13,15H,3,5,7-11H2. The third kappa shape index (κ3) is 2.82. The molecule has 1 aromatic carbocycles. The highest BCUT2D eigenvalue weighted by Crippen LogP contribution is 2.26. The van der Waals surface area contributed by atoms with E-state index in [0.29, 0.717) is 26.2 Å². The lowest BCUT2D eigenvalue weighted by atomic mass is 10.2. The number of ether oxygens (including phenoxy) is 1. The molecule has 1 atom stereocenters. The summed E-state index contributed by atoms with van der Waals surface area (Å²) in [6, 6.07) is 7.69. The van der Waals surface area contributed by atoms with Gasteiger partial charge in [0.25, 0.3) is 0 Å². The first-order valence-corrected chi connectivity index (χ1v) is 8.68. The van der Waals surface area contributed by atoms with E-state index in [-0.39, 0.29) is 11.9 Å². The summed E-state index contributed by atoms with van der Waals surface area (Å²) >= 11 is 0. The average molecular weight is 296 g/mol. The molecule has 1 unspecified atom stereocenters. The van der Waals surface area contributed by atoms with E-state index >= 15 is 0 Å². The van der Waals surface area contributed by atoms with E-state index in [1.807, 2.05) is 24.3 Å². The van der Waals surface area contributed by atoms with Crippen LogP contribution < -0.4 is 9.62 Å². The molecule has 20 heavy (non-hydrogen) atoms. The van der Waals surface area contributed by atoms with Gasteiger partial charge in [0.05, 0.1) is 17.5 Å². The number of hydrogen-bond acceptors (Lipinski definition) is 4. The Labute approximate surface area is 120 Å². The normalized spacial score (nSPS) is 23.4. The van der Waals surface area contributed by atoms with Crippen molar-refractivity contribution in [1.82, 2.24) is 5.32 Å². The number of anilines is 1. The van der Waals surface area contributed by atoms with E-state index in [0.717, 1.165) is 24.1 Å². The smallest absolute Gasteiger partial charge is 0.237 e. The second kappa shape index (κ2) is 5.71. The molecule has 5 nitrogen and oxygen atoms in total. The monoisotopic (exact) mass is 296 g/mol. The van der Waals surface area contributed by atoms with Gasteiger partial charge in [-0.3, -0.25) is 4.31 Å². The minimum absolute atomic E-state index is 0.0847. The maximum Gasteiger partial charge on any atom is 0.237 e. The summed E-state index contributed by atoms with van der Waals surface area (Å²) in [7, 11) is -3.34. The Kier molecular flexibility index (Phi) is 3.96. The molecule has 6 heteroatoms. The Hall–Kier alpha value is -1.11. The van der Waals surface area contributed by atoms with Crippen molar-refractivity contribution >= 4 is 15.7 Å². The Balaban J connectivity index is 1.88. The van der Waals surface area contributed by atoms with Crippen LogP contribution in [0.4, 0.5) is 5.69 Å². The second-order valence-electron chi connectivity index (χ2n) is 5.29. The quantitative estimate of drug-likeness (QED) is 0.907. The van der Waals surface area contributed by atoms with Gasteiger partial charge in [-0.15, -0.1) is 0 Å². The summed E-state index contributed by atoms with van der Waals surface area (Å²) in [5, 5.41) is 3.26. The molecule has 1 saturated heterocycles. The van der Waals surface area contributed by atoms with Crippen LogP contribution in [0.15, 0.2) is 24.3 Å². The molecule has 110 valence electrons. The van der Waals surface area contributed by atoms with E-state index in [9.17, 15) is 8.42 Å². The molecule has 1 fully saturated rings. The van der Waals surface area contributed by atoms with E-state index in [1.54, 1.807) is 4.31 Å². The van der Waals surface area contributed by atoms with E-state index in [1.165, 1.54) is 0 Å². The lowest BCUT2D eigenvalue weighted by Crippen LogP contribution is -2.39. The molecular weight excluding hydrogens is 276 g/mol. The lowest BCUT2D eigenvalue weighted by molar-refractivity contribution is 0.127. The molecule has 1 N–H and O–H groups in total. The van der Waals surface area contributed by atoms with Crippen molar-refractivity contribution < 1.29 is 13.2 Å². The van der Waals surface area contributed by atoms with Crippen molar-refractivity contribution in [2.75, 3.05) is 29.8 Å². The van der Waals surface area contributed by atoms with Crippen LogP contribution in [0.2, 0.25) is 0 Å². The van der Waals surface area contributed by atoms with Gasteiger partial charge in [-0.1, -0.05) is 18.2 Å². The largest absolute Gasteiger partial charge is 0.377 e. The molecule has 0 spiro atoms. The van der Waals surface area contributed by atoms with Crippen molar-refractivity contribution in [3.63, 3.8) is 0 Å². The number of nitrogens with zero attached hydrogens (tertiary/aromatic N) is 1. The van der Waals surface area contributed by atoms with Crippen LogP contribution in [0.5, 0.6) is 0 Å². The summed E-state index contributed by atoms with van der Waals surface area (Å²) in [6.45, 7) is 2.53. The van der Waals surface area contributed by atoms with Gasteiger partial charge in [-0.05, 0) is 24.5 Å². The van der Waals surface area contributed by atoms with Crippen molar-refractivity contribution in [2.45, 2.75) is 25.5 Å².